The zero-order chi connectivity index (χ0) is 9.42. The molecule has 68 valence electrons. The van der Waals surface area contributed by atoms with E-state index in [1.807, 2.05) is 0 Å². The second-order valence-electron chi connectivity index (χ2n) is 2.65. The molecular weight excluding hydrogens is 211 g/mol. The minimum atomic E-state index is -0.334. The molecular formula is C9H6ClFOS. The second kappa shape index (κ2) is 3.25. The first kappa shape index (κ1) is 8.94. The molecule has 13 heavy (non-hydrogen) atoms. The molecule has 0 atom stereocenters. The van der Waals surface area contributed by atoms with Gasteiger partial charge in [0.25, 0.3) is 0 Å². The highest BCUT2D eigenvalue weighted by atomic mass is 35.5. The molecule has 1 N–H and O–H groups in total. The van der Waals surface area contributed by atoms with Gasteiger partial charge in [0.1, 0.15) is 0 Å². The molecule has 1 heterocycles. The molecule has 1 nitrogen and oxygen atoms in total. The van der Waals surface area contributed by atoms with Crippen molar-refractivity contribution in [2.75, 3.05) is 0 Å². The third-order valence-electron chi connectivity index (χ3n) is 1.86. The van der Waals surface area contributed by atoms with Crippen LogP contribution in [0.3, 0.4) is 0 Å². The minimum absolute atomic E-state index is 0.270. The molecule has 2 aromatic rings. The van der Waals surface area contributed by atoms with Crippen LogP contribution in [0.25, 0.3) is 10.1 Å². The van der Waals surface area contributed by atoms with Crippen molar-refractivity contribution in [3.8, 4) is 0 Å². The Bertz CT molecular complexity index is 452. The number of aliphatic hydroxyl groups is 1. The lowest BCUT2D eigenvalue weighted by Gasteiger charge is -1.93. The average Bonchev–Trinajstić information content (AvgIpc) is 2.39. The Balaban J connectivity index is 2.79. The van der Waals surface area contributed by atoms with E-state index < -0.39 is 0 Å². The van der Waals surface area contributed by atoms with Crippen LogP contribution in [-0.2, 0) is 6.61 Å². The van der Waals surface area contributed by atoms with E-state index in [9.17, 15) is 4.39 Å². The zero-order valence-corrected chi connectivity index (χ0v) is 8.12. The molecule has 0 aliphatic carbocycles. The Hall–Kier alpha value is -0.640. The SMILES string of the molecule is OCc1c(F)sc2cc(Cl)ccc12. The van der Waals surface area contributed by atoms with Crippen molar-refractivity contribution in [2.24, 2.45) is 0 Å². The van der Waals surface area contributed by atoms with Crippen molar-refractivity contribution in [3.63, 3.8) is 0 Å². The quantitative estimate of drug-likeness (QED) is 0.776. The number of benzene rings is 1. The maximum absolute atomic E-state index is 13.2. The number of halogens is 2. The number of hydrogen-bond acceptors (Lipinski definition) is 2. The summed E-state index contributed by atoms with van der Waals surface area (Å²) in [6.45, 7) is -0.270. The predicted molar refractivity (Wildman–Crippen MR) is 52.7 cm³/mol. The summed E-state index contributed by atoms with van der Waals surface area (Å²) >= 11 is 6.75. The largest absolute Gasteiger partial charge is 0.392 e. The molecule has 0 radical (unpaired) electrons. The smallest absolute Gasteiger partial charge is 0.183 e. The number of rotatable bonds is 1. The van der Waals surface area contributed by atoms with Gasteiger partial charge in [-0.25, -0.2) is 0 Å². The van der Waals surface area contributed by atoms with E-state index in [1.165, 1.54) is 0 Å². The molecule has 0 amide bonds. The fourth-order valence-corrected chi connectivity index (χ4v) is 2.46. The third kappa shape index (κ3) is 1.43. The van der Waals surface area contributed by atoms with E-state index in [0.717, 1.165) is 21.4 Å². The first-order chi connectivity index (χ1) is 6.22. The lowest BCUT2D eigenvalue weighted by atomic mass is 10.2. The summed E-state index contributed by atoms with van der Waals surface area (Å²) in [5.74, 6) is 0. The molecule has 0 fully saturated rings. The lowest BCUT2D eigenvalue weighted by Crippen LogP contribution is -1.82. The molecule has 4 heteroatoms. The van der Waals surface area contributed by atoms with Gasteiger partial charge in [-0.15, -0.1) is 11.3 Å². The maximum Gasteiger partial charge on any atom is 0.183 e. The molecule has 0 saturated carbocycles. The van der Waals surface area contributed by atoms with Crippen LogP contribution < -0.4 is 0 Å². The van der Waals surface area contributed by atoms with E-state index >= 15 is 0 Å². The normalized spacial score (nSPS) is 11.0. The predicted octanol–water partition coefficient (Wildman–Crippen LogP) is 3.19. The molecule has 2 rings (SSSR count). The van der Waals surface area contributed by atoms with Gasteiger partial charge in [0, 0.05) is 20.7 Å². The van der Waals surface area contributed by atoms with Crippen LogP contribution in [0.2, 0.25) is 5.02 Å². The van der Waals surface area contributed by atoms with Crippen LogP contribution in [0.15, 0.2) is 18.2 Å². The highest BCUT2D eigenvalue weighted by molar-refractivity contribution is 7.17. The second-order valence-corrected chi connectivity index (χ2v) is 4.09. The van der Waals surface area contributed by atoms with Crippen LogP contribution >= 0.6 is 22.9 Å². The third-order valence-corrected chi connectivity index (χ3v) is 3.08. The Labute approximate surface area is 83.4 Å². The van der Waals surface area contributed by atoms with Crippen LogP contribution in [0, 0.1) is 5.13 Å². The van der Waals surface area contributed by atoms with Crippen LogP contribution in [0.4, 0.5) is 4.39 Å². The van der Waals surface area contributed by atoms with Crippen LogP contribution in [0.1, 0.15) is 5.56 Å². The van der Waals surface area contributed by atoms with Crippen molar-refractivity contribution in [1.82, 2.24) is 0 Å². The summed E-state index contributed by atoms with van der Waals surface area (Å²) in [6, 6.07) is 5.11. The molecule has 0 aliphatic heterocycles. The van der Waals surface area contributed by atoms with Crippen molar-refractivity contribution < 1.29 is 9.50 Å². The molecule has 0 unspecified atom stereocenters. The van der Waals surface area contributed by atoms with Gasteiger partial charge in [-0.3, -0.25) is 0 Å². The first-order valence-corrected chi connectivity index (χ1v) is 4.89. The Kier molecular flexibility index (Phi) is 2.24. The molecule has 1 aromatic carbocycles. The van der Waals surface area contributed by atoms with Crippen LogP contribution in [-0.4, -0.2) is 5.11 Å². The van der Waals surface area contributed by atoms with Crippen LogP contribution in [0.5, 0.6) is 0 Å². The van der Waals surface area contributed by atoms with E-state index in [-0.39, 0.29) is 11.7 Å². The van der Waals surface area contributed by atoms with E-state index in [0.29, 0.717) is 10.6 Å². The van der Waals surface area contributed by atoms with E-state index in [4.69, 9.17) is 16.7 Å². The van der Waals surface area contributed by atoms with Gasteiger partial charge in [-0.2, -0.15) is 4.39 Å². The van der Waals surface area contributed by atoms with Gasteiger partial charge < -0.3 is 5.11 Å². The van der Waals surface area contributed by atoms with Gasteiger partial charge >= 0.3 is 0 Å². The number of fused-ring (bicyclic) bond motifs is 1. The molecule has 0 saturated heterocycles. The fourth-order valence-electron chi connectivity index (χ4n) is 1.24. The van der Waals surface area contributed by atoms with Gasteiger partial charge in [0.2, 0.25) is 0 Å². The van der Waals surface area contributed by atoms with Crippen molar-refractivity contribution in [3.05, 3.63) is 33.9 Å². The Morgan fingerprint density at radius 1 is 1.46 bits per heavy atom. The highest BCUT2D eigenvalue weighted by Gasteiger charge is 2.10. The monoisotopic (exact) mass is 216 g/mol. The van der Waals surface area contributed by atoms with Crippen molar-refractivity contribution in [2.45, 2.75) is 6.61 Å². The summed E-state index contributed by atoms with van der Waals surface area (Å²) in [5, 5.41) is 9.90. The summed E-state index contributed by atoms with van der Waals surface area (Å²) in [7, 11) is 0. The highest BCUT2D eigenvalue weighted by Crippen LogP contribution is 2.31. The van der Waals surface area contributed by atoms with E-state index in [1.54, 1.807) is 18.2 Å². The van der Waals surface area contributed by atoms with Gasteiger partial charge in [0.15, 0.2) is 5.13 Å². The van der Waals surface area contributed by atoms with Crippen molar-refractivity contribution >= 4 is 33.0 Å². The molecule has 0 spiro atoms. The topological polar surface area (TPSA) is 20.2 Å². The molecule has 0 aliphatic rings. The summed E-state index contributed by atoms with van der Waals surface area (Å²) in [6.07, 6.45) is 0. The van der Waals surface area contributed by atoms with Gasteiger partial charge in [-0.1, -0.05) is 17.7 Å². The fraction of sp³-hybridized carbons (Fsp3) is 0.111. The standard InChI is InChI=1S/C9H6ClFOS/c10-5-1-2-6-7(4-12)9(11)13-8(6)3-5/h1-3,12H,4H2. The minimum Gasteiger partial charge on any atom is -0.392 e. The Morgan fingerprint density at radius 2 is 2.23 bits per heavy atom. The molecule has 0 bridgehead atoms. The number of hydrogen-bond donors (Lipinski definition) is 1. The maximum atomic E-state index is 13.2. The summed E-state index contributed by atoms with van der Waals surface area (Å²) < 4.78 is 13.9. The zero-order valence-electron chi connectivity index (χ0n) is 6.55. The summed E-state index contributed by atoms with van der Waals surface area (Å²) in [4.78, 5) is 0. The summed E-state index contributed by atoms with van der Waals surface area (Å²) in [5.41, 5.74) is 0.358. The van der Waals surface area contributed by atoms with Gasteiger partial charge in [-0.05, 0) is 12.1 Å². The average molecular weight is 217 g/mol. The first-order valence-electron chi connectivity index (χ1n) is 3.69. The lowest BCUT2D eigenvalue weighted by molar-refractivity contribution is 0.279. The number of thiophene rings is 1. The Morgan fingerprint density at radius 3 is 2.92 bits per heavy atom. The number of aliphatic hydroxyl groups excluding tert-OH is 1. The molecule has 1 aromatic heterocycles. The van der Waals surface area contributed by atoms with Gasteiger partial charge in [0.05, 0.1) is 6.61 Å². The van der Waals surface area contributed by atoms with Crippen molar-refractivity contribution in [1.29, 1.82) is 0 Å². The van der Waals surface area contributed by atoms with E-state index in [2.05, 4.69) is 0 Å².